The zero-order valence-corrected chi connectivity index (χ0v) is 9.88. The van der Waals surface area contributed by atoms with E-state index in [0.717, 1.165) is 0 Å². The van der Waals surface area contributed by atoms with Crippen LogP contribution in [0, 0.1) is 17.3 Å². The van der Waals surface area contributed by atoms with Crippen LogP contribution in [0.3, 0.4) is 0 Å². The topological polar surface area (TPSA) is 0 Å². The van der Waals surface area contributed by atoms with Crippen LogP contribution in [0.25, 0.3) is 0 Å². The van der Waals surface area contributed by atoms with Gasteiger partial charge in [0.1, 0.15) is 0 Å². The second kappa shape index (κ2) is 4.16. The monoisotopic (exact) mass is 190 g/mol. The molecule has 0 aromatic heterocycles. The summed E-state index contributed by atoms with van der Waals surface area (Å²) in [6.45, 7) is 13.2. The Balaban J connectivity index is 2.93. The first-order valence-electron chi connectivity index (χ1n) is 5.47. The largest absolute Gasteiger partial charge is 0.0955 e. The highest BCUT2D eigenvalue weighted by atomic mass is 14.4. The van der Waals surface area contributed by atoms with E-state index in [2.05, 4.69) is 58.6 Å². The standard InChI is InChI=1S/C14H22/c1-6-8-11(2)13-12(3)9-7-10-14(13,4)5/h6-9,12-13H,2,10H2,1,3-5H3/b8-6+. The van der Waals surface area contributed by atoms with Crippen LogP contribution < -0.4 is 0 Å². The lowest BCUT2D eigenvalue weighted by molar-refractivity contribution is 0.199. The van der Waals surface area contributed by atoms with Gasteiger partial charge < -0.3 is 0 Å². The normalized spacial score (nSPS) is 30.9. The molecule has 0 aromatic carbocycles. The van der Waals surface area contributed by atoms with Crippen LogP contribution in [0.5, 0.6) is 0 Å². The van der Waals surface area contributed by atoms with Gasteiger partial charge >= 0.3 is 0 Å². The van der Waals surface area contributed by atoms with E-state index >= 15 is 0 Å². The van der Waals surface area contributed by atoms with Gasteiger partial charge in [-0.25, -0.2) is 0 Å². The molecule has 0 saturated carbocycles. The molecule has 1 aliphatic rings. The summed E-state index contributed by atoms with van der Waals surface area (Å²) in [6.07, 6.45) is 10.0. The molecule has 0 N–H and O–H groups in total. The Morgan fingerprint density at radius 3 is 2.64 bits per heavy atom. The Morgan fingerprint density at radius 2 is 2.14 bits per heavy atom. The summed E-state index contributed by atoms with van der Waals surface area (Å²) in [5.41, 5.74) is 1.62. The summed E-state index contributed by atoms with van der Waals surface area (Å²) < 4.78 is 0. The molecule has 0 bridgehead atoms. The van der Waals surface area contributed by atoms with Crippen molar-refractivity contribution in [3.8, 4) is 0 Å². The SMILES string of the molecule is C=C(/C=C/C)C1C(C)C=CCC1(C)C. The van der Waals surface area contributed by atoms with Crippen LogP contribution >= 0.6 is 0 Å². The first kappa shape index (κ1) is 11.3. The zero-order valence-electron chi connectivity index (χ0n) is 9.88. The lowest BCUT2D eigenvalue weighted by atomic mass is 9.64. The minimum Gasteiger partial charge on any atom is -0.0955 e. The average molecular weight is 190 g/mol. The van der Waals surface area contributed by atoms with E-state index < -0.39 is 0 Å². The molecule has 0 aliphatic heterocycles. The number of allylic oxidation sites excluding steroid dienone is 5. The van der Waals surface area contributed by atoms with Gasteiger partial charge in [-0.15, -0.1) is 0 Å². The van der Waals surface area contributed by atoms with E-state index in [-0.39, 0.29) is 0 Å². The smallest absolute Gasteiger partial charge is 0.00534 e. The molecule has 78 valence electrons. The Bertz CT molecular complexity index is 266. The van der Waals surface area contributed by atoms with Gasteiger partial charge in [-0.2, -0.15) is 0 Å². The summed E-state index contributed by atoms with van der Waals surface area (Å²) in [6, 6.07) is 0. The first-order chi connectivity index (χ1) is 6.49. The maximum Gasteiger partial charge on any atom is -0.00534 e. The average Bonchev–Trinajstić information content (AvgIpc) is 2.02. The predicted molar refractivity (Wildman–Crippen MR) is 64.1 cm³/mol. The van der Waals surface area contributed by atoms with Gasteiger partial charge in [0, 0.05) is 0 Å². The molecule has 0 nitrogen and oxygen atoms in total. The lowest BCUT2D eigenvalue weighted by Crippen LogP contribution is -2.31. The molecule has 0 aromatic rings. The minimum absolute atomic E-state index is 0.352. The van der Waals surface area contributed by atoms with Crippen molar-refractivity contribution in [3.63, 3.8) is 0 Å². The molecule has 1 aliphatic carbocycles. The van der Waals surface area contributed by atoms with Crippen LogP contribution in [0.1, 0.15) is 34.1 Å². The fraction of sp³-hybridized carbons (Fsp3) is 0.571. The molecule has 0 radical (unpaired) electrons. The highest BCUT2D eigenvalue weighted by Crippen LogP contribution is 2.44. The molecular weight excluding hydrogens is 168 g/mol. The van der Waals surface area contributed by atoms with E-state index in [9.17, 15) is 0 Å². The molecule has 1 rings (SSSR count). The van der Waals surface area contributed by atoms with E-state index in [0.29, 0.717) is 17.3 Å². The third-order valence-corrected chi connectivity index (χ3v) is 3.23. The first-order valence-corrected chi connectivity index (χ1v) is 5.47. The molecule has 0 saturated heterocycles. The second-order valence-electron chi connectivity index (χ2n) is 5.03. The van der Waals surface area contributed by atoms with E-state index in [1.807, 2.05) is 0 Å². The van der Waals surface area contributed by atoms with Crippen LogP contribution in [0.2, 0.25) is 0 Å². The molecule has 2 unspecified atom stereocenters. The quantitative estimate of drug-likeness (QED) is 0.448. The minimum atomic E-state index is 0.352. The Morgan fingerprint density at radius 1 is 1.50 bits per heavy atom. The van der Waals surface area contributed by atoms with Gasteiger partial charge in [0.2, 0.25) is 0 Å². The van der Waals surface area contributed by atoms with Crippen LogP contribution in [0.4, 0.5) is 0 Å². The van der Waals surface area contributed by atoms with Crippen LogP contribution in [0.15, 0.2) is 36.5 Å². The van der Waals surface area contributed by atoms with Gasteiger partial charge in [-0.3, -0.25) is 0 Å². The molecule has 14 heavy (non-hydrogen) atoms. The Kier molecular flexibility index (Phi) is 3.36. The highest BCUT2D eigenvalue weighted by molar-refractivity contribution is 5.24. The maximum atomic E-state index is 4.19. The second-order valence-corrected chi connectivity index (χ2v) is 5.03. The summed E-state index contributed by atoms with van der Waals surface area (Å²) in [5.74, 6) is 1.20. The summed E-state index contributed by atoms with van der Waals surface area (Å²) >= 11 is 0. The van der Waals surface area contributed by atoms with E-state index in [1.165, 1.54) is 12.0 Å². The van der Waals surface area contributed by atoms with Gasteiger partial charge in [0.05, 0.1) is 0 Å². The molecule has 0 heterocycles. The fourth-order valence-corrected chi connectivity index (χ4v) is 2.69. The molecule has 0 spiro atoms. The molecule has 0 fully saturated rings. The number of rotatable bonds is 2. The fourth-order valence-electron chi connectivity index (χ4n) is 2.69. The predicted octanol–water partition coefficient (Wildman–Crippen LogP) is 4.36. The van der Waals surface area contributed by atoms with Crippen molar-refractivity contribution in [2.45, 2.75) is 34.1 Å². The van der Waals surface area contributed by atoms with Crippen molar-refractivity contribution in [2.24, 2.45) is 17.3 Å². The van der Waals surface area contributed by atoms with Crippen molar-refractivity contribution in [2.75, 3.05) is 0 Å². The van der Waals surface area contributed by atoms with Crippen molar-refractivity contribution >= 4 is 0 Å². The summed E-state index contributed by atoms with van der Waals surface area (Å²) in [4.78, 5) is 0. The Hall–Kier alpha value is -0.780. The zero-order chi connectivity index (χ0) is 10.8. The summed E-state index contributed by atoms with van der Waals surface area (Å²) in [5, 5.41) is 0. The molecule has 0 heteroatoms. The van der Waals surface area contributed by atoms with Crippen molar-refractivity contribution in [1.82, 2.24) is 0 Å². The van der Waals surface area contributed by atoms with Gasteiger partial charge in [-0.1, -0.05) is 57.2 Å². The third-order valence-electron chi connectivity index (χ3n) is 3.23. The third kappa shape index (κ3) is 2.17. The highest BCUT2D eigenvalue weighted by Gasteiger charge is 2.35. The molecular formula is C14H22. The summed E-state index contributed by atoms with van der Waals surface area (Å²) in [7, 11) is 0. The van der Waals surface area contributed by atoms with Crippen molar-refractivity contribution < 1.29 is 0 Å². The van der Waals surface area contributed by atoms with Crippen LogP contribution in [-0.4, -0.2) is 0 Å². The maximum absolute atomic E-state index is 4.19. The molecule has 0 amide bonds. The van der Waals surface area contributed by atoms with Gasteiger partial charge in [-0.05, 0) is 30.6 Å². The van der Waals surface area contributed by atoms with Crippen molar-refractivity contribution in [1.29, 1.82) is 0 Å². The van der Waals surface area contributed by atoms with E-state index in [4.69, 9.17) is 0 Å². The Labute approximate surface area is 88.4 Å². The van der Waals surface area contributed by atoms with Gasteiger partial charge in [0.15, 0.2) is 0 Å². The molecule has 2 atom stereocenters. The van der Waals surface area contributed by atoms with E-state index in [1.54, 1.807) is 0 Å². The van der Waals surface area contributed by atoms with Crippen LogP contribution in [-0.2, 0) is 0 Å². The van der Waals surface area contributed by atoms with Gasteiger partial charge in [0.25, 0.3) is 0 Å². The number of hydrogen-bond acceptors (Lipinski definition) is 0. The number of hydrogen-bond donors (Lipinski definition) is 0. The lowest BCUT2D eigenvalue weighted by Gasteiger charge is -2.40. The van der Waals surface area contributed by atoms with Crippen molar-refractivity contribution in [3.05, 3.63) is 36.5 Å².